The zero-order chi connectivity index (χ0) is 26.5. The van der Waals surface area contributed by atoms with Gasteiger partial charge in [-0.1, -0.05) is 109 Å². The summed E-state index contributed by atoms with van der Waals surface area (Å²) in [5.74, 6) is 0. The highest BCUT2D eigenvalue weighted by Gasteiger charge is 2.17. The van der Waals surface area contributed by atoms with E-state index in [4.69, 9.17) is 0 Å². The lowest BCUT2D eigenvalue weighted by atomic mass is 9.97. The Morgan fingerprint density at radius 1 is 0.375 bits per heavy atom. The van der Waals surface area contributed by atoms with Crippen LogP contribution in [0.4, 0.5) is 17.1 Å². The van der Waals surface area contributed by atoms with Crippen molar-refractivity contribution < 1.29 is 0 Å². The fourth-order valence-corrected chi connectivity index (χ4v) is 7.23. The monoisotopic (exact) mass is 527 g/mol. The fraction of sp³-hybridized carbons (Fsp3) is 0. The van der Waals surface area contributed by atoms with Gasteiger partial charge in [-0.05, 0) is 69.8 Å². The molecular formula is C38H25NS. The highest BCUT2D eigenvalue weighted by molar-refractivity contribution is 7.27. The topological polar surface area (TPSA) is 3.24 Å². The molecule has 40 heavy (non-hydrogen) atoms. The van der Waals surface area contributed by atoms with Crippen LogP contribution in [-0.4, -0.2) is 0 Å². The molecule has 1 aromatic heterocycles. The Morgan fingerprint density at radius 3 is 1.62 bits per heavy atom. The van der Waals surface area contributed by atoms with Crippen LogP contribution in [0.25, 0.3) is 52.8 Å². The van der Waals surface area contributed by atoms with Crippen molar-refractivity contribution in [2.75, 3.05) is 4.90 Å². The number of hydrogen-bond acceptors (Lipinski definition) is 2. The third-order valence-electron chi connectivity index (χ3n) is 7.84. The number of rotatable bonds is 4. The molecule has 0 spiro atoms. The van der Waals surface area contributed by atoms with Crippen molar-refractivity contribution in [2.45, 2.75) is 0 Å². The molecule has 0 bridgehead atoms. The van der Waals surface area contributed by atoms with Gasteiger partial charge in [0.25, 0.3) is 0 Å². The average molecular weight is 528 g/mol. The molecule has 0 atom stereocenters. The van der Waals surface area contributed by atoms with Gasteiger partial charge < -0.3 is 4.90 Å². The molecule has 0 saturated heterocycles. The van der Waals surface area contributed by atoms with E-state index in [0.29, 0.717) is 0 Å². The molecule has 0 saturated carbocycles. The van der Waals surface area contributed by atoms with Crippen LogP contribution < -0.4 is 4.90 Å². The molecule has 0 radical (unpaired) electrons. The molecule has 8 aromatic rings. The molecule has 8 rings (SSSR count). The van der Waals surface area contributed by atoms with E-state index in [1.54, 1.807) is 0 Å². The van der Waals surface area contributed by atoms with Gasteiger partial charge in [-0.25, -0.2) is 0 Å². The second-order valence-electron chi connectivity index (χ2n) is 10.2. The van der Waals surface area contributed by atoms with Gasteiger partial charge in [0, 0.05) is 42.6 Å². The first-order valence-corrected chi connectivity index (χ1v) is 14.4. The van der Waals surface area contributed by atoms with Gasteiger partial charge in [0.15, 0.2) is 0 Å². The summed E-state index contributed by atoms with van der Waals surface area (Å²) in [6, 6.07) is 54.7. The van der Waals surface area contributed by atoms with Crippen LogP contribution in [0.1, 0.15) is 0 Å². The van der Waals surface area contributed by atoms with Crippen LogP contribution >= 0.6 is 11.3 Å². The zero-order valence-electron chi connectivity index (χ0n) is 21.8. The largest absolute Gasteiger partial charge is 0.310 e. The second-order valence-corrected chi connectivity index (χ2v) is 11.2. The van der Waals surface area contributed by atoms with Crippen LogP contribution in [-0.2, 0) is 0 Å². The predicted molar refractivity (Wildman–Crippen MR) is 174 cm³/mol. The summed E-state index contributed by atoms with van der Waals surface area (Å²) in [5.41, 5.74) is 5.88. The van der Waals surface area contributed by atoms with Crippen LogP contribution in [0.2, 0.25) is 0 Å². The van der Waals surface area contributed by atoms with Gasteiger partial charge in [0.05, 0.1) is 0 Å². The maximum absolute atomic E-state index is 2.38. The molecule has 188 valence electrons. The van der Waals surface area contributed by atoms with Gasteiger partial charge in [-0.3, -0.25) is 0 Å². The maximum atomic E-state index is 2.38. The van der Waals surface area contributed by atoms with E-state index >= 15 is 0 Å². The minimum atomic E-state index is 1.14. The number of fused-ring (bicyclic) bond motifs is 8. The lowest BCUT2D eigenvalue weighted by Gasteiger charge is -2.26. The Hall–Kier alpha value is -4.92. The fourth-order valence-electron chi connectivity index (χ4n) is 5.99. The summed E-state index contributed by atoms with van der Waals surface area (Å²) < 4.78 is 2.67. The summed E-state index contributed by atoms with van der Waals surface area (Å²) in [5, 5.41) is 7.94. The number of thiophene rings is 1. The van der Waals surface area contributed by atoms with E-state index in [1.165, 1.54) is 52.8 Å². The second kappa shape index (κ2) is 9.37. The maximum Gasteiger partial charge on any atom is 0.0468 e. The molecule has 0 unspecified atom stereocenters. The number of hydrogen-bond donors (Lipinski definition) is 0. The number of benzene rings is 7. The molecule has 0 aliphatic rings. The molecule has 0 aliphatic carbocycles. The van der Waals surface area contributed by atoms with Crippen LogP contribution in [0.3, 0.4) is 0 Å². The summed E-state index contributed by atoms with van der Waals surface area (Å²) in [6.07, 6.45) is 0. The third-order valence-corrected chi connectivity index (χ3v) is 9.04. The van der Waals surface area contributed by atoms with E-state index in [9.17, 15) is 0 Å². The van der Waals surface area contributed by atoms with Gasteiger partial charge >= 0.3 is 0 Å². The molecule has 0 fully saturated rings. The molecule has 0 N–H and O–H groups in total. The summed E-state index contributed by atoms with van der Waals surface area (Å²) in [4.78, 5) is 2.36. The quantitative estimate of drug-likeness (QED) is 0.206. The van der Waals surface area contributed by atoms with Gasteiger partial charge in [-0.15, -0.1) is 11.3 Å². The standard InChI is InChI=1S/C38H25NS/c1-3-11-26(12-4-1)27-19-21-29(22-20-27)39(28-13-5-2-6-14-28)30-23-24-36-35(25-30)37-33-17-9-7-15-31(33)32-16-8-10-18-34(32)38(37)40-36/h1-25H. The first kappa shape index (κ1) is 23.0. The molecule has 1 nitrogen and oxygen atoms in total. The van der Waals surface area contributed by atoms with Crippen LogP contribution in [0.15, 0.2) is 152 Å². The number of nitrogens with zero attached hydrogens (tertiary/aromatic N) is 1. The van der Waals surface area contributed by atoms with E-state index in [1.807, 2.05) is 11.3 Å². The summed E-state index contributed by atoms with van der Waals surface area (Å²) in [6.45, 7) is 0. The van der Waals surface area contributed by atoms with E-state index in [0.717, 1.165) is 17.1 Å². The highest BCUT2D eigenvalue weighted by Crippen LogP contribution is 2.46. The van der Waals surface area contributed by atoms with Crippen molar-refractivity contribution in [3.63, 3.8) is 0 Å². The number of anilines is 3. The molecular weight excluding hydrogens is 502 g/mol. The van der Waals surface area contributed by atoms with Crippen molar-refractivity contribution in [3.8, 4) is 11.1 Å². The van der Waals surface area contributed by atoms with Crippen molar-refractivity contribution in [2.24, 2.45) is 0 Å². The first-order chi connectivity index (χ1) is 19.8. The Morgan fingerprint density at radius 2 is 0.900 bits per heavy atom. The van der Waals surface area contributed by atoms with Crippen LogP contribution in [0.5, 0.6) is 0 Å². The average Bonchev–Trinajstić information content (AvgIpc) is 3.42. The zero-order valence-corrected chi connectivity index (χ0v) is 22.6. The summed E-state index contributed by atoms with van der Waals surface area (Å²) >= 11 is 1.90. The predicted octanol–water partition coefficient (Wildman–Crippen LogP) is 11.5. The van der Waals surface area contributed by atoms with Gasteiger partial charge in [0.1, 0.15) is 0 Å². The van der Waals surface area contributed by atoms with Crippen molar-refractivity contribution in [1.82, 2.24) is 0 Å². The highest BCUT2D eigenvalue weighted by atomic mass is 32.1. The normalized spacial score (nSPS) is 11.5. The Kier molecular flexibility index (Phi) is 5.39. The van der Waals surface area contributed by atoms with Crippen molar-refractivity contribution in [3.05, 3.63) is 152 Å². The molecule has 1 heterocycles. The van der Waals surface area contributed by atoms with E-state index in [-0.39, 0.29) is 0 Å². The third kappa shape index (κ3) is 3.69. The first-order valence-electron chi connectivity index (χ1n) is 13.6. The van der Waals surface area contributed by atoms with E-state index in [2.05, 4.69) is 157 Å². The smallest absolute Gasteiger partial charge is 0.0468 e. The lowest BCUT2D eigenvalue weighted by Crippen LogP contribution is -2.09. The Balaban J connectivity index is 1.36. The minimum Gasteiger partial charge on any atom is -0.310 e. The Labute approximate surface area is 237 Å². The SMILES string of the molecule is c1ccc(-c2ccc(N(c3ccccc3)c3ccc4sc5c6ccccc6c6ccccc6c5c4c3)cc2)cc1. The van der Waals surface area contributed by atoms with Crippen molar-refractivity contribution in [1.29, 1.82) is 0 Å². The lowest BCUT2D eigenvalue weighted by molar-refractivity contribution is 1.29. The minimum absolute atomic E-state index is 1.14. The number of para-hydroxylation sites is 1. The molecule has 0 aliphatic heterocycles. The van der Waals surface area contributed by atoms with Crippen molar-refractivity contribution >= 4 is 70.1 Å². The molecule has 7 aromatic carbocycles. The molecule has 0 amide bonds. The van der Waals surface area contributed by atoms with Crippen LogP contribution in [0, 0.1) is 0 Å². The van der Waals surface area contributed by atoms with E-state index < -0.39 is 0 Å². The van der Waals surface area contributed by atoms with Gasteiger partial charge in [0.2, 0.25) is 0 Å². The molecule has 2 heteroatoms. The summed E-state index contributed by atoms with van der Waals surface area (Å²) in [7, 11) is 0. The Bertz CT molecular complexity index is 2140. The van der Waals surface area contributed by atoms with Gasteiger partial charge in [-0.2, -0.15) is 0 Å².